The summed E-state index contributed by atoms with van der Waals surface area (Å²) in [5.74, 6) is 1.49. The first-order valence-electron chi connectivity index (χ1n) is 10.7. The number of imidazole rings is 1. The van der Waals surface area contributed by atoms with Crippen LogP contribution in [-0.4, -0.2) is 40.2 Å². The predicted octanol–water partition coefficient (Wildman–Crippen LogP) is 4.97. The number of fused-ring (bicyclic) bond motifs is 1. The zero-order valence-electron chi connectivity index (χ0n) is 19.0. The maximum atomic E-state index is 11.7. The van der Waals surface area contributed by atoms with Crippen LogP contribution in [0, 0.1) is 5.41 Å². The number of nitrogens with one attached hydrogen (secondary N) is 2. The highest BCUT2D eigenvalue weighted by Gasteiger charge is 2.50. The number of hydrogen-bond acceptors (Lipinski definition) is 6. The van der Waals surface area contributed by atoms with Crippen molar-refractivity contribution in [2.75, 3.05) is 19.1 Å². The van der Waals surface area contributed by atoms with Crippen molar-refractivity contribution in [3.8, 4) is 17.2 Å². The lowest BCUT2D eigenvalue weighted by Crippen LogP contribution is -2.43. The average Bonchev–Trinajstić information content (AvgIpc) is 3.35. The molecule has 8 heteroatoms. The Kier molecular flexibility index (Phi) is 4.93. The van der Waals surface area contributed by atoms with Gasteiger partial charge in [0.05, 0.1) is 36.5 Å². The van der Waals surface area contributed by atoms with Crippen molar-refractivity contribution in [1.29, 1.82) is 5.41 Å². The average molecular weight is 457 g/mol. The molecule has 34 heavy (non-hydrogen) atoms. The molecule has 0 fully saturated rings. The van der Waals surface area contributed by atoms with Gasteiger partial charge in [-0.1, -0.05) is 24.3 Å². The quantitative estimate of drug-likeness (QED) is 0.337. The molecule has 1 aliphatic heterocycles. The molecule has 0 saturated carbocycles. The van der Waals surface area contributed by atoms with Gasteiger partial charge in [0.25, 0.3) is 0 Å². The first-order valence-corrected chi connectivity index (χ1v) is 10.7. The van der Waals surface area contributed by atoms with Crippen molar-refractivity contribution in [2.24, 2.45) is 0 Å². The lowest BCUT2D eigenvalue weighted by molar-refractivity contribution is 0.322. The Morgan fingerprint density at radius 2 is 1.65 bits per heavy atom. The van der Waals surface area contributed by atoms with Crippen LogP contribution in [0.1, 0.15) is 18.3 Å². The number of hydrogen-bond donors (Lipinski definition) is 4. The lowest BCUT2D eigenvalue weighted by atomic mass is 9.88. The van der Waals surface area contributed by atoms with Crippen molar-refractivity contribution in [3.63, 3.8) is 0 Å². The molecule has 1 aliphatic rings. The van der Waals surface area contributed by atoms with Gasteiger partial charge in [0.2, 0.25) is 0 Å². The number of methoxy groups -OCH3 is 2. The van der Waals surface area contributed by atoms with Gasteiger partial charge in [-0.3, -0.25) is 5.41 Å². The van der Waals surface area contributed by atoms with Gasteiger partial charge in [0.15, 0.2) is 0 Å². The second-order valence-corrected chi connectivity index (χ2v) is 8.20. The number of aromatic hydroxyl groups is 1. The fourth-order valence-electron chi connectivity index (χ4n) is 4.48. The molecule has 0 amide bonds. The van der Waals surface area contributed by atoms with Crippen LogP contribution in [0.25, 0.3) is 16.6 Å². The summed E-state index contributed by atoms with van der Waals surface area (Å²) in [6.07, 6.45) is 0. The number of benzene rings is 3. The molecule has 172 valence electrons. The Labute approximate surface area is 196 Å². The van der Waals surface area contributed by atoms with Gasteiger partial charge in [-0.25, -0.2) is 4.98 Å². The van der Waals surface area contributed by atoms with Crippen LogP contribution in [0.5, 0.6) is 17.2 Å². The zero-order chi connectivity index (χ0) is 24.0. The summed E-state index contributed by atoms with van der Waals surface area (Å²) < 4.78 is 10.9. The number of aliphatic hydroxyl groups excluding tert-OH is 1. The monoisotopic (exact) mass is 456 g/mol. The number of para-hydroxylation sites is 2. The number of rotatable bonds is 5. The van der Waals surface area contributed by atoms with E-state index in [1.54, 1.807) is 68.5 Å². The molecule has 1 aromatic heterocycles. The topological polar surface area (TPSA) is 115 Å². The zero-order valence-corrected chi connectivity index (χ0v) is 19.0. The number of phenolic OH excluding ortho intramolecular Hbond substituents is 1. The number of aromatic amines is 1. The number of nitrogens with zero attached hydrogens (tertiary/aromatic N) is 2. The van der Waals surface area contributed by atoms with Crippen LogP contribution in [0.15, 0.2) is 72.5 Å². The summed E-state index contributed by atoms with van der Waals surface area (Å²) in [5, 5.41) is 31.0. The van der Waals surface area contributed by atoms with E-state index in [0.717, 1.165) is 11.0 Å². The molecule has 0 spiro atoms. The number of aliphatic hydroxyl groups is 1. The molecule has 4 aromatic rings. The van der Waals surface area contributed by atoms with Gasteiger partial charge in [0, 0.05) is 18.2 Å². The van der Waals surface area contributed by atoms with E-state index in [1.807, 2.05) is 24.3 Å². The largest absolute Gasteiger partial charge is 0.509 e. The van der Waals surface area contributed by atoms with Crippen LogP contribution < -0.4 is 14.4 Å². The van der Waals surface area contributed by atoms with Crippen LogP contribution in [-0.2, 0) is 5.54 Å². The highest BCUT2D eigenvalue weighted by atomic mass is 16.5. The summed E-state index contributed by atoms with van der Waals surface area (Å²) >= 11 is 0. The fourth-order valence-corrected chi connectivity index (χ4v) is 4.48. The van der Waals surface area contributed by atoms with E-state index in [0.29, 0.717) is 28.6 Å². The van der Waals surface area contributed by atoms with Gasteiger partial charge in [-0.15, -0.1) is 0 Å². The van der Waals surface area contributed by atoms with Crippen LogP contribution in [0.3, 0.4) is 0 Å². The number of ether oxygens (including phenoxy) is 2. The number of anilines is 1. The summed E-state index contributed by atoms with van der Waals surface area (Å²) in [6.45, 7) is 1.80. The predicted molar refractivity (Wildman–Crippen MR) is 131 cm³/mol. The fraction of sp³-hybridized carbons (Fsp3) is 0.154. The van der Waals surface area contributed by atoms with E-state index in [2.05, 4.69) is 9.97 Å². The van der Waals surface area contributed by atoms with E-state index >= 15 is 0 Å². The van der Waals surface area contributed by atoms with E-state index in [1.165, 1.54) is 0 Å². The molecule has 0 bridgehead atoms. The maximum Gasteiger partial charge on any atom is 0.145 e. The SMILES string of the molecule is COc1cc(OC)cc(N2C(=N)C(c3nc4ccccc4[nH]3)=C(O)C2(C)c2cccc(O)c2)c1. The van der Waals surface area contributed by atoms with Gasteiger partial charge in [0.1, 0.15) is 40.2 Å². The first-order chi connectivity index (χ1) is 16.4. The van der Waals surface area contributed by atoms with Crippen LogP contribution in [0.2, 0.25) is 0 Å². The van der Waals surface area contributed by atoms with Gasteiger partial charge in [-0.05, 0) is 36.8 Å². The third kappa shape index (κ3) is 3.14. The molecule has 1 unspecified atom stereocenters. The summed E-state index contributed by atoms with van der Waals surface area (Å²) in [6, 6.07) is 19.5. The van der Waals surface area contributed by atoms with Crippen molar-refractivity contribution < 1.29 is 19.7 Å². The maximum absolute atomic E-state index is 11.7. The molecule has 3 aromatic carbocycles. The number of aromatic nitrogens is 2. The molecule has 2 heterocycles. The van der Waals surface area contributed by atoms with Crippen LogP contribution in [0.4, 0.5) is 5.69 Å². The molecule has 8 nitrogen and oxygen atoms in total. The van der Waals surface area contributed by atoms with E-state index in [9.17, 15) is 10.2 Å². The molecular formula is C26H24N4O4. The highest BCUT2D eigenvalue weighted by molar-refractivity contribution is 6.31. The Balaban J connectivity index is 1.77. The van der Waals surface area contributed by atoms with Crippen molar-refractivity contribution >= 4 is 28.1 Å². The Bertz CT molecular complexity index is 1400. The molecular weight excluding hydrogens is 432 g/mol. The third-order valence-electron chi connectivity index (χ3n) is 6.23. The van der Waals surface area contributed by atoms with Crippen LogP contribution >= 0.6 is 0 Å². The van der Waals surface area contributed by atoms with Gasteiger partial charge < -0.3 is 29.6 Å². The van der Waals surface area contributed by atoms with Gasteiger partial charge >= 0.3 is 0 Å². The second kappa shape index (κ2) is 7.84. The van der Waals surface area contributed by atoms with E-state index in [-0.39, 0.29) is 22.9 Å². The molecule has 1 atom stereocenters. The minimum atomic E-state index is -1.22. The van der Waals surface area contributed by atoms with E-state index in [4.69, 9.17) is 14.9 Å². The molecule has 4 N–H and O–H groups in total. The lowest BCUT2D eigenvalue weighted by Gasteiger charge is -2.37. The number of H-pyrrole nitrogens is 1. The van der Waals surface area contributed by atoms with Crippen molar-refractivity contribution in [1.82, 2.24) is 9.97 Å². The number of amidine groups is 1. The van der Waals surface area contributed by atoms with Crippen molar-refractivity contribution in [2.45, 2.75) is 12.5 Å². The normalized spacial score (nSPS) is 18.1. The summed E-state index contributed by atoms with van der Waals surface area (Å²) in [5.41, 5.74) is 1.75. The smallest absolute Gasteiger partial charge is 0.145 e. The Hall–Kier alpha value is -4.46. The molecule has 0 aliphatic carbocycles. The minimum Gasteiger partial charge on any atom is -0.509 e. The molecule has 0 radical (unpaired) electrons. The Morgan fingerprint density at radius 1 is 0.941 bits per heavy atom. The summed E-state index contributed by atoms with van der Waals surface area (Å²) in [7, 11) is 3.11. The van der Waals surface area contributed by atoms with Crippen molar-refractivity contribution in [3.05, 3.63) is 83.9 Å². The number of phenols is 1. The molecule has 5 rings (SSSR count). The standard InChI is InChI=1S/C26H24N4O4/c1-26(15-7-6-8-17(31)11-15)23(32)22(25-28-20-9-4-5-10-21(20)29-25)24(27)30(26)16-12-18(33-2)14-19(13-16)34-3/h4-14,27,31-32H,1-3H3,(H,28,29). The Morgan fingerprint density at radius 3 is 2.29 bits per heavy atom. The summed E-state index contributed by atoms with van der Waals surface area (Å²) in [4.78, 5) is 9.53. The third-order valence-corrected chi connectivity index (χ3v) is 6.23. The first kappa shape index (κ1) is 21.4. The second-order valence-electron chi connectivity index (χ2n) is 8.20. The van der Waals surface area contributed by atoms with Gasteiger partial charge in [-0.2, -0.15) is 0 Å². The molecule has 0 saturated heterocycles. The highest BCUT2D eigenvalue weighted by Crippen LogP contribution is 2.49. The minimum absolute atomic E-state index is 0.0395. The van der Waals surface area contributed by atoms with E-state index < -0.39 is 5.54 Å².